The lowest BCUT2D eigenvalue weighted by Crippen LogP contribution is -2.36. The van der Waals surface area contributed by atoms with Gasteiger partial charge in [0.1, 0.15) is 5.75 Å². The van der Waals surface area contributed by atoms with Gasteiger partial charge in [-0.1, -0.05) is 13.0 Å². The molecule has 0 aliphatic carbocycles. The number of benzene rings is 1. The molecule has 1 fully saturated rings. The molecule has 104 valence electrons. The average Bonchev–Trinajstić information content (AvgIpc) is 2.92. The largest absolute Gasteiger partial charge is 0.493 e. The van der Waals surface area contributed by atoms with E-state index in [1.807, 2.05) is 0 Å². The van der Waals surface area contributed by atoms with E-state index in [1.54, 1.807) is 0 Å². The van der Waals surface area contributed by atoms with Crippen molar-refractivity contribution in [2.75, 3.05) is 19.8 Å². The van der Waals surface area contributed by atoms with E-state index in [0.717, 1.165) is 44.8 Å². The van der Waals surface area contributed by atoms with Crippen LogP contribution in [0.5, 0.6) is 5.75 Å². The van der Waals surface area contributed by atoms with E-state index in [0.29, 0.717) is 6.04 Å². The Morgan fingerprint density at radius 1 is 1.32 bits per heavy atom. The van der Waals surface area contributed by atoms with Crippen LogP contribution in [0.4, 0.5) is 0 Å². The van der Waals surface area contributed by atoms with Gasteiger partial charge in [-0.05, 0) is 49.1 Å². The van der Waals surface area contributed by atoms with Gasteiger partial charge >= 0.3 is 0 Å². The second kappa shape index (κ2) is 5.93. The zero-order chi connectivity index (χ0) is 13.1. The van der Waals surface area contributed by atoms with Crippen molar-refractivity contribution < 1.29 is 9.47 Å². The lowest BCUT2D eigenvalue weighted by atomic mass is 9.95. The molecule has 0 amide bonds. The van der Waals surface area contributed by atoms with Gasteiger partial charge < -0.3 is 14.8 Å². The van der Waals surface area contributed by atoms with Crippen molar-refractivity contribution in [2.45, 2.75) is 44.8 Å². The highest BCUT2D eigenvalue weighted by atomic mass is 16.5. The lowest BCUT2D eigenvalue weighted by molar-refractivity contribution is 0.000322. The average molecular weight is 261 g/mol. The molecule has 2 unspecified atom stereocenters. The van der Waals surface area contributed by atoms with Gasteiger partial charge in [0.15, 0.2) is 0 Å². The Balaban J connectivity index is 1.67. The first-order valence-electron chi connectivity index (χ1n) is 7.47. The topological polar surface area (TPSA) is 30.5 Å². The summed E-state index contributed by atoms with van der Waals surface area (Å²) in [5.74, 6) is 1.06. The minimum Gasteiger partial charge on any atom is -0.493 e. The van der Waals surface area contributed by atoms with Gasteiger partial charge in [0.2, 0.25) is 0 Å². The van der Waals surface area contributed by atoms with Crippen molar-refractivity contribution >= 4 is 0 Å². The van der Waals surface area contributed by atoms with Crippen LogP contribution < -0.4 is 10.1 Å². The van der Waals surface area contributed by atoms with E-state index in [1.165, 1.54) is 17.5 Å². The van der Waals surface area contributed by atoms with Crippen LogP contribution in [0, 0.1) is 0 Å². The normalized spacial score (nSPS) is 25.9. The number of fused-ring (bicyclic) bond motifs is 1. The molecule has 2 aliphatic heterocycles. The minimum atomic E-state index is 0.244. The summed E-state index contributed by atoms with van der Waals surface area (Å²) in [5, 5.41) is 3.62. The van der Waals surface area contributed by atoms with E-state index < -0.39 is 0 Å². The molecule has 1 N–H and O–H groups in total. The van der Waals surface area contributed by atoms with Crippen LogP contribution in [0.1, 0.15) is 43.4 Å². The van der Waals surface area contributed by atoms with Gasteiger partial charge in [-0.25, -0.2) is 0 Å². The Morgan fingerprint density at radius 3 is 3.16 bits per heavy atom. The van der Waals surface area contributed by atoms with E-state index in [4.69, 9.17) is 9.47 Å². The molecule has 1 saturated heterocycles. The van der Waals surface area contributed by atoms with Crippen molar-refractivity contribution in [1.82, 2.24) is 5.32 Å². The molecule has 2 atom stereocenters. The second-order valence-corrected chi connectivity index (χ2v) is 5.50. The summed E-state index contributed by atoms with van der Waals surface area (Å²) in [5.41, 5.74) is 2.65. The summed E-state index contributed by atoms with van der Waals surface area (Å²) in [7, 11) is 0. The number of hydrogen-bond acceptors (Lipinski definition) is 3. The summed E-state index contributed by atoms with van der Waals surface area (Å²) in [6, 6.07) is 7.14. The van der Waals surface area contributed by atoms with E-state index in [9.17, 15) is 0 Å². The predicted molar refractivity (Wildman–Crippen MR) is 75.6 cm³/mol. The standard InChI is InChI=1S/C16H23NO2/c1-2-7-17-14-6-9-19-16(11-14)12-3-4-15-13(10-12)5-8-18-15/h3-4,10,14,16-17H,2,5-9,11H2,1H3. The van der Waals surface area contributed by atoms with Crippen LogP contribution in [0.15, 0.2) is 18.2 Å². The van der Waals surface area contributed by atoms with Crippen molar-refractivity contribution in [2.24, 2.45) is 0 Å². The van der Waals surface area contributed by atoms with Crippen LogP contribution in [-0.4, -0.2) is 25.8 Å². The van der Waals surface area contributed by atoms with Gasteiger partial charge in [-0.15, -0.1) is 0 Å². The molecule has 3 rings (SSSR count). The fourth-order valence-electron chi connectivity index (χ4n) is 2.97. The van der Waals surface area contributed by atoms with Crippen molar-refractivity contribution in [3.05, 3.63) is 29.3 Å². The third kappa shape index (κ3) is 2.93. The fraction of sp³-hybridized carbons (Fsp3) is 0.625. The first-order chi connectivity index (χ1) is 9.36. The first kappa shape index (κ1) is 12.9. The molecule has 19 heavy (non-hydrogen) atoms. The molecule has 3 heteroatoms. The summed E-state index contributed by atoms with van der Waals surface area (Å²) in [6.45, 7) is 5.00. The summed E-state index contributed by atoms with van der Waals surface area (Å²) in [6.07, 6.45) is 4.68. The van der Waals surface area contributed by atoms with Gasteiger partial charge in [0.05, 0.1) is 12.7 Å². The SMILES string of the molecule is CCCNC1CCOC(c2ccc3c(c2)CCO3)C1. The third-order valence-corrected chi connectivity index (χ3v) is 4.05. The van der Waals surface area contributed by atoms with Crippen molar-refractivity contribution in [3.63, 3.8) is 0 Å². The van der Waals surface area contributed by atoms with Crippen LogP contribution >= 0.6 is 0 Å². The van der Waals surface area contributed by atoms with Crippen LogP contribution in [0.3, 0.4) is 0 Å². The zero-order valence-corrected chi connectivity index (χ0v) is 11.7. The maximum absolute atomic E-state index is 5.95. The summed E-state index contributed by atoms with van der Waals surface area (Å²) < 4.78 is 11.5. The molecule has 1 aromatic carbocycles. The van der Waals surface area contributed by atoms with Crippen LogP contribution in [0.2, 0.25) is 0 Å². The van der Waals surface area contributed by atoms with Gasteiger partial charge in [-0.3, -0.25) is 0 Å². The maximum Gasteiger partial charge on any atom is 0.122 e. The molecule has 0 bridgehead atoms. The number of hydrogen-bond donors (Lipinski definition) is 1. The minimum absolute atomic E-state index is 0.244. The Hall–Kier alpha value is -1.06. The molecule has 2 aliphatic rings. The Kier molecular flexibility index (Phi) is 4.04. The molecule has 0 radical (unpaired) electrons. The Morgan fingerprint density at radius 2 is 2.26 bits per heavy atom. The smallest absolute Gasteiger partial charge is 0.122 e. The molecule has 2 heterocycles. The van der Waals surface area contributed by atoms with Crippen LogP contribution in [-0.2, 0) is 11.2 Å². The second-order valence-electron chi connectivity index (χ2n) is 5.50. The van der Waals surface area contributed by atoms with E-state index >= 15 is 0 Å². The van der Waals surface area contributed by atoms with Gasteiger partial charge in [0.25, 0.3) is 0 Å². The molecule has 3 nitrogen and oxygen atoms in total. The summed E-state index contributed by atoms with van der Waals surface area (Å²) >= 11 is 0. The van der Waals surface area contributed by atoms with Gasteiger partial charge in [-0.2, -0.15) is 0 Å². The maximum atomic E-state index is 5.95. The highest BCUT2D eigenvalue weighted by molar-refractivity contribution is 5.40. The molecular formula is C16H23NO2. The predicted octanol–water partition coefficient (Wildman–Crippen LogP) is 2.84. The Labute approximate surface area is 115 Å². The molecular weight excluding hydrogens is 238 g/mol. The van der Waals surface area contributed by atoms with Crippen molar-refractivity contribution in [3.8, 4) is 5.75 Å². The zero-order valence-electron chi connectivity index (χ0n) is 11.7. The van der Waals surface area contributed by atoms with E-state index in [2.05, 4.69) is 30.4 Å². The molecule has 0 saturated carbocycles. The summed E-state index contributed by atoms with van der Waals surface area (Å²) in [4.78, 5) is 0. The monoisotopic (exact) mass is 261 g/mol. The first-order valence-corrected chi connectivity index (χ1v) is 7.47. The Bertz CT molecular complexity index is 433. The molecule has 1 aromatic rings. The van der Waals surface area contributed by atoms with Gasteiger partial charge in [0, 0.05) is 19.1 Å². The number of ether oxygens (including phenoxy) is 2. The highest BCUT2D eigenvalue weighted by Gasteiger charge is 2.24. The number of nitrogens with one attached hydrogen (secondary N) is 1. The fourth-order valence-corrected chi connectivity index (χ4v) is 2.97. The van der Waals surface area contributed by atoms with Crippen molar-refractivity contribution in [1.29, 1.82) is 0 Å². The molecule has 0 aromatic heterocycles. The molecule has 0 spiro atoms. The highest BCUT2D eigenvalue weighted by Crippen LogP contribution is 2.33. The quantitative estimate of drug-likeness (QED) is 0.904. The lowest BCUT2D eigenvalue weighted by Gasteiger charge is -2.30. The number of rotatable bonds is 4. The van der Waals surface area contributed by atoms with Crippen LogP contribution in [0.25, 0.3) is 0 Å². The third-order valence-electron chi connectivity index (χ3n) is 4.05. The van der Waals surface area contributed by atoms with E-state index in [-0.39, 0.29) is 6.10 Å².